The van der Waals surface area contributed by atoms with Crippen LogP contribution in [0, 0.1) is 6.92 Å². The van der Waals surface area contributed by atoms with Crippen molar-refractivity contribution in [3.8, 4) is 0 Å². The van der Waals surface area contributed by atoms with Gasteiger partial charge in [0.2, 0.25) is 11.8 Å². The maximum Gasteiger partial charge on any atom is 0.264 e. The predicted molar refractivity (Wildman–Crippen MR) is 147 cm³/mol. The average molecular weight is 542 g/mol. The number of nitrogens with zero attached hydrogens (tertiary/aromatic N) is 2. The van der Waals surface area contributed by atoms with Crippen LogP contribution in [0.2, 0.25) is 5.02 Å². The van der Waals surface area contributed by atoms with Crippen LogP contribution >= 0.6 is 11.6 Å². The zero-order valence-corrected chi connectivity index (χ0v) is 22.8. The summed E-state index contributed by atoms with van der Waals surface area (Å²) in [5.41, 5.74) is 2.22. The molecule has 0 aliphatic carbocycles. The van der Waals surface area contributed by atoms with E-state index in [0.717, 1.165) is 15.4 Å². The van der Waals surface area contributed by atoms with Crippen LogP contribution in [0.3, 0.4) is 0 Å². The van der Waals surface area contributed by atoms with Gasteiger partial charge in [0.25, 0.3) is 10.0 Å². The van der Waals surface area contributed by atoms with Crippen molar-refractivity contribution in [3.63, 3.8) is 0 Å². The SMILES string of the molecule is CC[C@H](C(=O)NC)N(CCc1ccccc1)C(=O)CN(c1cccc(C)c1)S(=O)(=O)c1ccc(Cl)cc1. The third kappa shape index (κ3) is 7.11. The summed E-state index contributed by atoms with van der Waals surface area (Å²) in [5, 5.41) is 3.03. The summed E-state index contributed by atoms with van der Waals surface area (Å²) in [4.78, 5) is 28.0. The van der Waals surface area contributed by atoms with Gasteiger partial charge in [0.1, 0.15) is 12.6 Å². The molecule has 7 nitrogen and oxygen atoms in total. The molecule has 9 heteroatoms. The Kier molecular flexibility index (Phi) is 9.72. The van der Waals surface area contributed by atoms with Crippen LogP contribution in [0.15, 0.2) is 83.8 Å². The summed E-state index contributed by atoms with van der Waals surface area (Å²) in [6, 6.07) is 21.7. The van der Waals surface area contributed by atoms with Gasteiger partial charge in [0.15, 0.2) is 0 Å². The van der Waals surface area contributed by atoms with Crippen LogP contribution in [-0.2, 0) is 26.0 Å². The highest BCUT2D eigenvalue weighted by Crippen LogP contribution is 2.26. The number of carbonyl (C=O) groups is 2. The fourth-order valence-corrected chi connectivity index (χ4v) is 5.64. The number of sulfonamides is 1. The second-order valence-electron chi connectivity index (χ2n) is 8.67. The molecular weight excluding hydrogens is 510 g/mol. The molecule has 2 amide bonds. The topological polar surface area (TPSA) is 86.8 Å². The summed E-state index contributed by atoms with van der Waals surface area (Å²) in [7, 11) is -2.59. The standard InChI is InChI=1S/C28H32ClN3O4S/c1-4-26(28(34)30-3)31(18-17-22-10-6-5-7-11-22)27(33)20-32(24-12-8-9-21(2)19-24)37(35,36)25-15-13-23(29)14-16-25/h5-16,19,26H,4,17-18,20H2,1-3H3,(H,30,34)/t26-/m1/s1. The zero-order valence-electron chi connectivity index (χ0n) is 21.2. The van der Waals surface area contributed by atoms with Gasteiger partial charge in [-0.1, -0.05) is 61.0 Å². The number of benzene rings is 3. The Morgan fingerprint density at radius 3 is 2.24 bits per heavy atom. The molecule has 0 fully saturated rings. The van der Waals surface area contributed by atoms with Crippen LogP contribution in [-0.4, -0.2) is 51.3 Å². The zero-order chi connectivity index (χ0) is 27.0. The summed E-state index contributed by atoms with van der Waals surface area (Å²) in [6.45, 7) is 3.48. The molecule has 3 aromatic carbocycles. The van der Waals surface area contributed by atoms with Crippen molar-refractivity contribution < 1.29 is 18.0 Å². The number of carbonyl (C=O) groups excluding carboxylic acids is 2. The lowest BCUT2D eigenvalue weighted by Gasteiger charge is -2.33. The molecule has 3 aromatic rings. The lowest BCUT2D eigenvalue weighted by molar-refractivity contribution is -0.139. The molecular formula is C28H32ClN3O4S. The van der Waals surface area contributed by atoms with Crippen molar-refractivity contribution >= 4 is 39.1 Å². The molecule has 3 rings (SSSR count). The fraction of sp³-hybridized carbons (Fsp3) is 0.286. The molecule has 1 N–H and O–H groups in total. The molecule has 1 atom stereocenters. The highest BCUT2D eigenvalue weighted by atomic mass is 35.5. The monoisotopic (exact) mass is 541 g/mol. The fourth-order valence-electron chi connectivity index (χ4n) is 4.11. The Hall–Kier alpha value is -3.36. The number of aryl methyl sites for hydroxylation is 1. The van der Waals surface area contributed by atoms with Crippen LogP contribution in [0.4, 0.5) is 5.69 Å². The van der Waals surface area contributed by atoms with Gasteiger partial charge in [0, 0.05) is 18.6 Å². The summed E-state index contributed by atoms with van der Waals surface area (Å²) in [5.74, 6) is -0.767. The quantitative estimate of drug-likeness (QED) is 0.389. The number of hydrogen-bond donors (Lipinski definition) is 1. The maximum atomic E-state index is 13.8. The number of hydrogen-bond acceptors (Lipinski definition) is 4. The van der Waals surface area contributed by atoms with Gasteiger partial charge < -0.3 is 10.2 Å². The summed E-state index contributed by atoms with van der Waals surface area (Å²) < 4.78 is 28.6. The van der Waals surface area contributed by atoms with Gasteiger partial charge in [-0.05, 0) is 67.3 Å². The lowest BCUT2D eigenvalue weighted by Crippen LogP contribution is -2.52. The van der Waals surface area contributed by atoms with Crippen LogP contribution in [0.25, 0.3) is 0 Å². The molecule has 0 heterocycles. The third-order valence-electron chi connectivity index (χ3n) is 6.09. The molecule has 0 radical (unpaired) electrons. The van der Waals surface area contributed by atoms with Gasteiger partial charge in [-0.2, -0.15) is 0 Å². The van der Waals surface area contributed by atoms with Gasteiger partial charge in [-0.3, -0.25) is 13.9 Å². The summed E-state index contributed by atoms with van der Waals surface area (Å²) in [6.07, 6.45) is 0.906. The van der Waals surface area contributed by atoms with E-state index in [0.29, 0.717) is 23.6 Å². The van der Waals surface area contributed by atoms with E-state index < -0.39 is 28.5 Å². The highest BCUT2D eigenvalue weighted by Gasteiger charge is 2.33. The smallest absolute Gasteiger partial charge is 0.264 e. The molecule has 0 unspecified atom stereocenters. The largest absolute Gasteiger partial charge is 0.357 e. The minimum absolute atomic E-state index is 0.0142. The number of likely N-dealkylation sites (N-methyl/N-ethyl adjacent to an activating group) is 1. The number of halogens is 1. The molecule has 0 bridgehead atoms. The minimum Gasteiger partial charge on any atom is -0.357 e. The number of anilines is 1. The first-order chi connectivity index (χ1) is 17.7. The second-order valence-corrected chi connectivity index (χ2v) is 11.0. The molecule has 196 valence electrons. The van der Waals surface area contributed by atoms with Crippen LogP contribution in [0.5, 0.6) is 0 Å². The van der Waals surface area contributed by atoms with E-state index >= 15 is 0 Å². The first-order valence-corrected chi connectivity index (χ1v) is 13.9. The molecule has 37 heavy (non-hydrogen) atoms. The Morgan fingerprint density at radius 2 is 1.65 bits per heavy atom. The number of nitrogens with one attached hydrogen (secondary N) is 1. The van der Waals surface area contributed by atoms with Gasteiger partial charge in [-0.25, -0.2) is 8.42 Å². The van der Waals surface area contributed by atoms with E-state index in [1.54, 1.807) is 18.2 Å². The van der Waals surface area contributed by atoms with Gasteiger partial charge in [-0.15, -0.1) is 0 Å². The van der Waals surface area contributed by atoms with Crippen molar-refractivity contribution in [2.45, 2.75) is 37.6 Å². The van der Waals surface area contributed by atoms with E-state index in [9.17, 15) is 18.0 Å². The van der Waals surface area contributed by atoms with Crippen molar-refractivity contribution in [2.75, 3.05) is 24.4 Å². The number of rotatable bonds is 11. The van der Waals surface area contributed by atoms with E-state index in [2.05, 4.69) is 5.32 Å². The first-order valence-electron chi connectivity index (χ1n) is 12.1. The Morgan fingerprint density at radius 1 is 0.973 bits per heavy atom. The molecule has 0 aliphatic heterocycles. The number of amides is 2. The first kappa shape index (κ1) is 28.2. The van der Waals surface area contributed by atoms with Crippen molar-refractivity contribution in [2.24, 2.45) is 0 Å². The highest BCUT2D eigenvalue weighted by molar-refractivity contribution is 7.92. The van der Waals surface area contributed by atoms with E-state index in [1.165, 1.54) is 36.2 Å². The Bertz CT molecular complexity index is 1310. The van der Waals surface area contributed by atoms with E-state index in [-0.39, 0.29) is 17.3 Å². The predicted octanol–water partition coefficient (Wildman–Crippen LogP) is 4.44. The molecule has 0 aliphatic rings. The molecule has 0 saturated heterocycles. The Balaban J connectivity index is 2.00. The normalized spacial score (nSPS) is 12.0. The second kappa shape index (κ2) is 12.7. The van der Waals surface area contributed by atoms with Crippen molar-refractivity contribution in [1.82, 2.24) is 10.2 Å². The van der Waals surface area contributed by atoms with E-state index in [4.69, 9.17) is 11.6 Å². The maximum absolute atomic E-state index is 13.8. The van der Waals surface area contributed by atoms with Gasteiger partial charge >= 0.3 is 0 Å². The summed E-state index contributed by atoms with van der Waals surface area (Å²) >= 11 is 5.98. The molecule has 0 spiro atoms. The lowest BCUT2D eigenvalue weighted by atomic mass is 10.1. The van der Waals surface area contributed by atoms with Crippen LogP contribution in [0.1, 0.15) is 24.5 Å². The van der Waals surface area contributed by atoms with E-state index in [1.807, 2.05) is 50.2 Å². The van der Waals surface area contributed by atoms with Crippen molar-refractivity contribution in [1.29, 1.82) is 0 Å². The van der Waals surface area contributed by atoms with Gasteiger partial charge in [0.05, 0.1) is 10.6 Å². The van der Waals surface area contributed by atoms with Crippen molar-refractivity contribution in [3.05, 3.63) is 95.0 Å². The Labute approximate surface area is 224 Å². The minimum atomic E-state index is -4.11. The molecule has 0 aromatic heterocycles. The molecule has 0 saturated carbocycles. The third-order valence-corrected chi connectivity index (χ3v) is 8.13. The van der Waals surface area contributed by atoms with Crippen LogP contribution < -0.4 is 9.62 Å². The average Bonchev–Trinajstić information content (AvgIpc) is 2.89.